The van der Waals surface area contributed by atoms with Gasteiger partial charge in [0.05, 0.1) is 5.52 Å². The third kappa shape index (κ3) is 3.41. The summed E-state index contributed by atoms with van der Waals surface area (Å²) in [5, 5.41) is 5.31. The number of fused-ring (bicyclic) bond motifs is 3. The van der Waals surface area contributed by atoms with E-state index in [1.165, 1.54) is 4.52 Å². The van der Waals surface area contributed by atoms with Crippen molar-refractivity contribution in [2.75, 3.05) is 13.1 Å². The number of hydrogen-bond acceptors (Lipinski definition) is 4. The molecule has 3 aromatic rings. The molecule has 7 nitrogen and oxygen atoms in total. The van der Waals surface area contributed by atoms with Gasteiger partial charge in [-0.1, -0.05) is 12.1 Å². The molecule has 0 unspecified atom stereocenters. The molecule has 1 fully saturated rings. The van der Waals surface area contributed by atoms with Crippen molar-refractivity contribution < 1.29 is 9.53 Å². The molecule has 0 aliphatic carbocycles. The van der Waals surface area contributed by atoms with Crippen LogP contribution in [-0.4, -0.2) is 44.3 Å². The van der Waals surface area contributed by atoms with Crippen LogP contribution in [0.2, 0.25) is 0 Å². The van der Waals surface area contributed by atoms with Crippen LogP contribution in [-0.2, 0) is 4.74 Å². The highest BCUT2D eigenvalue weighted by Gasteiger charge is 2.28. The van der Waals surface area contributed by atoms with Crippen molar-refractivity contribution in [2.24, 2.45) is 0 Å². The van der Waals surface area contributed by atoms with Crippen LogP contribution in [0.1, 0.15) is 45.2 Å². The Morgan fingerprint density at radius 2 is 1.93 bits per heavy atom. The molecule has 1 aliphatic heterocycles. The van der Waals surface area contributed by atoms with E-state index in [0.29, 0.717) is 13.1 Å². The highest BCUT2D eigenvalue weighted by Crippen LogP contribution is 2.28. The van der Waals surface area contributed by atoms with Crippen molar-refractivity contribution in [1.82, 2.24) is 19.5 Å². The lowest BCUT2D eigenvalue weighted by Gasteiger charge is -2.33. The summed E-state index contributed by atoms with van der Waals surface area (Å²) in [6.07, 6.45) is 1.31. The van der Waals surface area contributed by atoms with Crippen LogP contribution < -0.4 is 5.56 Å². The van der Waals surface area contributed by atoms with E-state index in [-0.39, 0.29) is 17.6 Å². The van der Waals surface area contributed by atoms with Crippen LogP contribution >= 0.6 is 0 Å². The summed E-state index contributed by atoms with van der Waals surface area (Å²) in [5.41, 5.74) is 1.80. The second-order valence-corrected chi connectivity index (χ2v) is 8.08. The number of ether oxygens (including phenoxy) is 1. The summed E-state index contributed by atoms with van der Waals surface area (Å²) < 4.78 is 6.87. The summed E-state index contributed by atoms with van der Waals surface area (Å²) in [7, 11) is 0. The molecule has 1 saturated heterocycles. The molecule has 1 aliphatic rings. The lowest BCUT2D eigenvalue weighted by Crippen LogP contribution is -2.41. The molecular formula is C20H24N4O3. The molecule has 0 radical (unpaired) electrons. The highest BCUT2D eigenvalue weighted by molar-refractivity contribution is 5.91. The summed E-state index contributed by atoms with van der Waals surface area (Å²) in [5.74, 6) is 0.204. The number of aromatic nitrogens is 3. The maximum absolute atomic E-state index is 12.5. The highest BCUT2D eigenvalue weighted by atomic mass is 16.6. The zero-order chi connectivity index (χ0) is 19.2. The number of carbonyl (C=O) groups excluding carboxylic acids is 1. The molecule has 1 N–H and O–H groups in total. The average molecular weight is 368 g/mol. The van der Waals surface area contributed by atoms with Gasteiger partial charge in [0, 0.05) is 36.2 Å². The number of rotatable bonds is 1. The lowest BCUT2D eigenvalue weighted by atomic mass is 9.93. The molecular weight excluding hydrogens is 344 g/mol. The zero-order valence-corrected chi connectivity index (χ0v) is 15.9. The van der Waals surface area contributed by atoms with Gasteiger partial charge >= 0.3 is 6.09 Å². The number of hydrogen-bond donors (Lipinski definition) is 1. The van der Waals surface area contributed by atoms with Crippen LogP contribution in [0, 0.1) is 0 Å². The first-order valence-electron chi connectivity index (χ1n) is 9.30. The summed E-state index contributed by atoms with van der Waals surface area (Å²) in [6.45, 7) is 6.84. The van der Waals surface area contributed by atoms with Gasteiger partial charge in [-0.3, -0.25) is 4.79 Å². The molecule has 27 heavy (non-hydrogen) atoms. The first-order valence-corrected chi connectivity index (χ1v) is 9.30. The molecule has 0 bridgehead atoms. The maximum atomic E-state index is 12.5. The molecule has 1 aromatic carbocycles. The van der Waals surface area contributed by atoms with Crippen molar-refractivity contribution in [2.45, 2.75) is 45.1 Å². The fourth-order valence-corrected chi connectivity index (χ4v) is 3.60. The Hall–Kier alpha value is -2.83. The van der Waals surface area contributed by atoms with Crippen LogP contribution in [0.5, 0.6) is 0 Å². The number of nitrogens with zero attached hydrogens (tertiary/aromatic N) is 3. The van der Waals surface area contributed by atoms with Gasteiger partial charge in [0.2, 0.25) is 0 Å². The molecule has 142 valence electrons. The van der Waals surface area contributed by atoms with E-state index in [9.17, 15) is 9.59 Å². The Kier molecular flexibility index (Phi) is 4.17. The van der Waals surface area contributed by atoms with Gasteiger partial charge in [-0.25, -0.2) is 4.79 Å². The molecule has 3 heterocycles. The van der Waals surface area contributed by atoms with Gasteiger partial charge in [0.15, 0.2) is 0 Å². The number of carbonyl (C=O) groups is 1. The number of H-pyrrole nitrogens is 1. The van der Waals surface area contributed by atoms with Crippen molar-refractivity contribution in [1.29, 1.82) is 0 Å². The number of amides is 1. The van der Waals surface area contributed by atoms with Crippen molar-refractivity contribution >= 4 is 22.6 Å². The number of piperidine rings is 1. The summed E-state index contributed by atoms with van der Waals surface area (Å²) in [6, 6.07) is 9.34. The minimum absolute atomic E-state index is 0.135. The molecule has 4 rings (SSSR count). The molecule has 7 heteroatoms. The van der Waals surface area contributed by atoms with E-state index >= 15 is 0 Å². The topological polar surface area (TPSA) is 79.7 Å². The average Bonchev–Trinajstić information content (AvgIpc) is 3.00. The minimum atomic E-state index is -0.493. The normalized spacial score (nSPS) is 16.2. The fraction of sp³-hybridized carbons (Fsp3) is 0.450. The van der Waals surface area contributed by atoms with E-state index in [4.69, 9.17) is 4.74 Å². The zero-order valence-electron chi connectivity index (χ0n) is 15.9. The molecule has 1 amide bonds. The monoisotopic (exact) mass is 368 g/mol. The van der Waals surface area contributed by atoms with E-state index in [0.717, 1.165) is 35.1 Å². The van der Waals surface area contributed by atoms with Gasteiger partial charge in [0.25, 0.3) is 5.56 Å². The number of likely N-dealkylation sites (tertiary alicyclic amines) is 1. The first kappa shape index (κ1) is 17.6. The number of benzene rings is 1. The van der Waals surface area contributed by atoms with E-state index < -0.39 is 5.60 Å². The van der Waals surface area contributed by atoms with E-state index in [1.807, 2.05) is 45.0 Å². The van der Waals surface area contributed by atoms with Gasteiger partial charge in [0.1, 0.15) is 11.2 Å². The SMILES string of the molecule is CC(C)(C)OC(=O)N1CCC(c2cc(=O)n3nc4ccccc4c3[nH]2)CC1. The third-order valence-corrected chi connectivity index (χ3v) is 4.92. The van der Waals surface area contributed by atoms with Crippen molar-refractivity contribution in [3.8, 4) is 0 Å². The summed E-state index contributed by atoms with van der Waals surface area (Å²) in [4.78, 5) is 29.9. The predicted molar refractivity (Wildman–Crippen MR) is 103 cm³/mol. The van der Waals surface area contributed by atoms with Crippen molar-refractivity contribution in [3.63, 3.8) is 0 Å². The van der Waals surface area contributed by atoms with Gasteiger partial charge in [-0.15, -0.1) is 0 Å². The van der Waals surface area contributed by atoms with Gasteiger partial charge in [-0.05, 0) is 45.7 Å². The molecule has 0 saturated carbocycles. The lowest BCUT2D eigenvalue weighted by molar-refractivity contribution is 0.0204. The van der Waals surface area contributed by atoms with Gasteiger partial charge in [-0.2, -0.15) is 9.61 Å². The van der Waals surface area contributed by atoms with Crippen LogP contribution in [0.3, 0.4) is 0 Å². The van der Waals surface area contributed by atoms with Crippen LogP contribution in [0.15, 0.2) is 35.1 Å². The number of nitrogens with one attached hydrogen (secondary N) is 1. The van der Waals surface area contributed by atoms with Gasteiger partial charge < -0.3 is 14.6 Å². The minimum Gasteiger partial charge on any atom is -0.444 e. The van der Waals surface area contributed by atoms with E-state index in [1.54, 1.807) is 11.0 Å². The fourth-order valence-electron chi connectivity index (χ4n) is 3.60. The van der Waals surface area contributed by atoms with Crippen LogP contribution in [0.4, 0.5) is 4.79 Å². The largest absolute Gasteiger partial charge is 0.444 e. The Bertz CT molecular complexity index is 1050. The number of aromatic amines is 1. The quantitative estimate of drug-likeness (QED) is 0.715. The second kappa shape index (κ2) is 6.40. The Balaban J connectivity index is 1.56. The molecule has 0 spiro atoms. The molecule has 0 atom stereocenters. The Labute approximate surface area is 156 Å². The summed E-state index contributed by atoms with van der Waals surface area (Å²) >= 11 is 0. The smallest absolute Gasteiger partial charge is 0.410 e. The third-order valence-electron chi connectivity index (χ3n) is 4.92. The maximum Gasteiger partial charge on any atom is 0.410 e. The van der Waals surface area contributed by atoms with E-state index in [2.05, 4.69) is 10.1 Å². The Morgan fingerprint density at radius 3 is 2.63 bits per heavy atom. The Morgan fingerprint density at radius 1 is 1.22 bits per heavy atom. The van der Waals surface area contributed by atoms with Crippen LogP contribution in [0.25, 0.3) is 16.6 Å². The first-order chi connectivity index (χ1) is 12.8. The molecule has 2 aromatic heterocycles. The van der Waals surface area contributed by atoms with Crippen molar-refractivity contribution in [3.05, 3.63) is 46.4 Å². The predicted octanol–water partition coefficient (Wildman–Crippen LogP) is 3.29. The second-order valence-electron chi connectivity index (χ2n) is 8.08. The standard InChI is InChI=1S/C20H24N4O3/c1-20(2,3)27-19(26)23-10-8-13(9-11-23)16-12-17(25)24-18(21-16)14-6-4-5-7-15(14)22-24/h4-7,12-13,21H,8-11H2,1-3H3.